The fourth-order valence-electron chi connectivity index (χ4n) is 3.47. The van der Waals surface area contributed by atoms with Gasteiger partial charge in [-0.15, -0.1) is 0 Å². The number of carbonyl (C=O) groups is 1. The van der Waals surface area contributed by atoms with Gasteiger partial charge in [0.1, 0.15) is 5.78 Å². The summed E-state index contributed by atoms with van der Waals surface area (Å²) in [5.41, 5.74) is 2.41. The topological polar surface area (TPSA) is 17.1 Å². The molecule has 0 heterocycles. The maximum absolute atomic E-state index is 12.9. The van der Waals surface area contributed by atoms with Gasteiger partial charge in [-0.05, 0) is 36.3 Å². The van der Waals surface area contributed by atoms with Gasteiger partial charge in [0, 0.05) is 5.92 Å². The highest BCUT2D eigenvalue weighted by atomic mass is 16.1. The van der Waals surface area contributed by atoms with E-state index in [4.69, 9.17) is 0 Å². The van der Waals surface area contributed by atoms with Gasteiger partial charge in [-0.2, -0.15) is 0 Å². The first-order chi connectivity index (χ1) is 9.81. The number of Topliss-reactive ketones (excluding diaryl/α,β-unsaturated/α-hetero) is 1. The molecule has 0 saturated heterocycles. The third kappa shape index (κ3) is 1.81. The van der Waals surface area contributed by atoms with Gasteiger partial charge in [-0.1, -0.05) is 60.7 Å². The zero-order valence-electron chi connectivity index (χ0n) is 11.5. The van der Waals surface area contributed by atoms with Crippen LogP contribution in [0.5, 0.6) is 0 Å². The first-order valence-electron chi connectivity index (χ1n) is 7.46. The third-order valence-corrected chi connectivity index (χ3v) is 4.90. The Morgan fingerprint density at radius 3 is 2.10 bits per heavy atom. The Bertz CT molecular complexity index is 625. The molecular weight excluding hydrogens is 244 g/mol. The number of carbonyl (C=O) groups excluding carboxylic acids is 1. The van der Waals surface area contributed by atoms with Crippen LogP contribution in [0.1, 0.15) is 36.3 Å². The lowest BCUT2D eigenvalue weighted by atomic mass is 9.88. The minimum absolute atomic E-state index is 0.143. The van der Waals surface area contributed by atoms with Crippen molar-refractivity contribution in [2.75, 3.05) is 0 Å². The standard InChI is InChI=1S/C19H18O/c20-18(17-13-16(17)14-7-3-1-4-8-14)19(11-12-19)15-9-5-2-6-10-15/h1-10,16-17H,11-13H2. The van der Waals surface area contributed by atoms with Gasteiger partial charge in [0.25, 0.3) is 0 Å². The van der Waals surface area contributed by atoms with Crippen molar-refractivity contribution in [3.63, 3.8) is 0 Å². The smallest absolute Gasteiger partial charge is 0.147 e. The van der Waals surface area contributed by atoms with Crippen LogP contribution in [0.2, 0.25) is 0 Å². The molecular formula is C19H18O. The first-order valence-corrected chi connectivity index (χ1v) is 7.46. The number of benzene rings is 2. The summed E-state index contributed by atoms with van der Waals surface area (Å²) in [5.74, 6) is 1.20. The maximum atomic E-state index is 12.9. The van der Waals surface area contributed by atoms with Crippen LogP contribution in [-0.2, 0) is 10.2 Å². The fraction of sp³-hybridized carbons (Fsp3) is 0.316. The average molecular weight is 262 g/mol. The molecule has 100 valence electrons. The van der Waals surface area contributed by atoms with Crippen LogP contribution in [0, 0.1) is 5.92 Å². The Labute approximate surface area is 119 Å². The van der Waals surface area contributed by atoms with Crippen LogP contribution in [-0.4, -0.2) is 5.78 Å². The number of ketones is 1. The van der Waals surface area contributed by atoms with Crippen molar-refractivity contribution in [1.82, 2.24) is 0 Å². The lowest BCUT2D eigenvalue weighted by Crippen LogP contribution is -2.22. The molecule has 1 nitrogen and oxygen atoms in total. The van der Waals surface area contributed by atoms with Crippen LogP contribution in [0.4, 0.5) is 0 Å². The summed E-state index contributed by atoms with van der Waals surface area (Å²) in [5, 5.41) is 0. The van der Waals surface area contributed by atoms with Crippen molar-refractivity contribution < 1.29 is 4.79 Å². The van der Waals surface area contributed by atoms with Gasteiger partial charge in [0.15, 0.2) is 0 Å². The SMILES string of the molecule is O=C(C1CC1c1ccccc1)C1(c2ccccc2)CC1. The summed E-state index contributed by atoms with van der Waals surface area (Å²) in [6, 6.07) is 20.8. The molecule has 2 unspecified atom stereocenters. The lowest BCUT2D eigenvalue weighted by Gasteiger charge is -2.14. The molecule has 20 heavy (non-hydrogen) atoms. The monoisotopic (exact) mass is 262 g/mol. The fourth-order valence-corrected chi connectivity index (χ4v) is 3.47. The van der Waals surface area contributed by atoms with Crippen LogP contribution in [0.25, 0.3) is 0 Å². The van der Waals surface area contributed by atoms with E-state index >= 15 is 0 Å². The van der Waals surface area contributed by atoms with Gasteiger partial charge in [-0.3, -0.25) is 4.79 Å². The Morgan fingerprint density at radius 1 is 0.900 bits per heavy atom. The molecule has 2 aliphatic carbocycles. The summed E-state index contributed by atoms with van der Waals surface area (Å²) < 4.78 is 0. The van der Waals surface area contributed by atoms with Crippen LogP contribution in [0.15, 0.2) is 60.7 Å². The van der Waals surface area contributed by atoms with E-state index < -0.39 is 0 Å². The Morgan fingerprint density at radius 2 is 1.50 bits per heavy atom. The maximum Gasteiger partial charge on any atom is 0.147 e. The van der Waals surface area contributed by atoms with E-state index in [2.05, 4.69) is 36.4 Å². The predicted octanol–water partition coefficient (Wildman–Crippen LogP) is 4.09. The molecule has 0 aromatic heterocycles. The largest absolute Gasteiger partial charge is 0.298 e. The molecule has 0 amide bonds. The second-order valence-electron chi connectivity index (χ2n) is 6.17. The van der Waals surface area contributed by atoms with Crippen molar-refractivity contribution in [1.29, 1.82) is 0 Å². The van der Waals surface area contributed by atoms with E-state index in [1.54, 1.807) is 0 Å². The zero-order valence-corrected chi connectivity index (χ0v) is 11.5. The van der Waals surface area contributed by atoms with Crippen molar-refractivity contribution in [2.24, 2.45) is 5.92 Å². The van der Waals surface area contributed by atoms with E-state index in [9.17, 15) is 4.79 Å². The first kappa shape index (κ1) is 11.9. The normalized spacial score (nSPS) is 26.0. The Balaban J connectivity index is 1.55. The minimum atomic E-state index is -0.143. The molecule has 0 aliphatic heterocycles. The van der Waals surface area contributed by atoms with Gasteiger partial charge >= 0.3 is 0 Å². The van der Waals surface area contributed by atoms with Crippen molar-refractivity contribution in [3.8, 4) is 0 Å². The molecule has 2 aromatic rings. The molecule has 0 bridgehead atoms. The molecule has 1 heteroatoms. The molecule has 2 aliphatic rings. The molecule has 0 N–H and O–H groups in total. The zero-order chi connectivity index (χ0) is 13.6. The summed E-state index contributed by atoms with van der Waals surface area (Å²) in [7, 11) is 0. The third-order valence-electron chi connectivity index (χ3n) is 4.90. The lowest BCUT2D eigenvalue weighted by molar-refractivity contribution is -0.122. The molecule has 2 atom stereocenters. The van der Waals surface area contributed by atoms with Crippen LogP contribution < -0.4 is 0 Å². The van der Waals surface area contributed by atoms with Gasteiger partial charge in [-0.25, -0.2) is 0 Å². The van der Waals surface area contributed by atoms with Crippen molar-refractivity contribution >= 4 is 5.78 Å². The van der Waals surface area contributed by atoms with Gasteiger partial charge < -0.3 is 0 Å². The highest BCUT2D eigenvalue weighted by molar-refractivity contribution is 5.97. The number of hydrogen-bond donors (Lipinski definition) is 0. The van der Waals surface area contributed by atoms with Crippen LogP contribution in [0.3, 0.4) is 0 Å². The van der Waals surface area contributed by atoms with Crippen molar-refractivity contribution in [2.45, 2.75) is 30.6 Å². The average Bonchev–Trinajstić information content (AvgIpc) is 3.41. The van der Waals surface area contributed by atoms with E-state index in [-0.39, 0.29) is 11.3 Å². The number of hydrogen-bond acceptors (Lipinski definition) is 1. The van der Waals surface area contributed by atoms with Gasteiger partial charge in [0.05, 0.1) is 5.41 Å². The second kappa shape index (κ2) is 4.31. The van der Waals surface area contributed by atoms with E-state index in [1.807, 2.05) is 24.3 Å². The summed E-state index contributed by atoms with van der Waals surface area (Å²) >= 11 is 0. The molecule has 0 spiro atoms. The number of rotatable bonds is 4. The molecule has 2 fully saturated rings. The molecule has 2 saturated carbocycles. The molecule has 4 rings (SSSR count). The second-order valence-corrected chi connectivity index (χ2v) is 6.17. The predicted molar refractivity (Wildman–Crippen MR) is 79.7 cm³/mol. The van der Waals surface area contributed by atoms with Gasteiger partial charge in [0.2, 0.25) is 0 Å². The summed E-state index contributed by atoms with van der Waals surface area (Å²) in [4.78, 5) is 12.9. The van der Waals surface area contributed by atoms with E-state index in [1.165, 1.54) is 11.1 Å². The highest BCUT2D eigenvalue weighted by Crippen LogP contribution is 2.58. The van der Waals surface area contributed by atoms with Crippen molar-refractivity contribution in [3.05, 3.63) is 71.8 Å². The minimum Gasteiger partial charge on any atom is -0.298 e. The Kier molecular flexibility index (Phi) is 2.56. The van der Waals surface area contributed by atoms with Crippen LogP contribution >= 0.6 is 0 Å². The molecule has 2 aromatic carbocycles. The quantitative estimate of drug-likeness (QED) is 0.811. The summed E-state index contributed by atoms with van der Waals surface area (Å²) in [6.45, 7) is 0. The summed E-state index contributed by atoms with van der Waals surface area (Å²) in [6.07, 6.45) is 3.11. The Hall–Kier alpha value is -1.89. The van der Waals surface area contributed by atoms with E-state index in [0.29, 0.717) is 11.7 Å². The molecule has 0 radical (unpaired) electrons. The van der Waals surface area contributed by atoms with E-state index in [0.717, 1.165) is 19.3 Å². The highest BCUT2D eigenvalue weighted by Gasteiger charge is 2.58.